The van der Waals surface area contributed by atoms with Crippen LogP contribution in [0.5, 0.6) is 0 Å². The molecule has 3 atom stereocenters. The Labute approximate surface area is 183 Å². The number of carboxylic acids is 1. The second-order valence-electron chi connectivity index (χ2n) is 7.93. The van der Waals surface area contributed by atoms with Gasteiger partial charge in [0.15, 0.2) is 0 Å². The van der Waals surface area contributed by atoms with Crippen molar-refractivity contribution < 1.29 is 42.1 Å². The van der Waals surface area contributed by atoms with Crippen LogP contribution < -0.4 is 0 Å². The first-order valence-electron chi connectivity index (χ1n) is 10.6. The van der Waals surface area contributed by atoms with Crippen molar-refractivity contribution >= 4 is 11.9 Å². The first-order chi connectivity index (χ1) is 15.3. The van der Waals surface area contributed by atoms with E-state index in [1.54, 1.807) is 12.4 Å². The molecular weight excluding hydrogens is 433 g/mol. The second kappa shape index (κ2) is 11.1. The van der Waals surface area contributed by atoms with E-state index >= 15 is 0 Å². The van der Waals surface area contributed by atoms with Crippen LogP contribution in [0, 0.1) is 5.92 Å². The molecule has 0 saturated carbocycles. The summed E-state index contributed by atoms with van der Waals surface area (Å²) in [5.74, 6) is -2.40. The summed E-state index contributed by atoms with van der Waals surface area (Å²) in [5, 5.41) is 7.12. The van der Waals surface area contributed by atoms with Crippen LogP contribution >= 0.6 is 0 Å². The van der Waals surface area contributed by atoms with Crippen LogP contribution in [-0.2, 0) is 30.4 Å². The van der Waals surface area contributed by atoms with Gasteiger partial charge in [0.25, 0.3) is 0 Å². The van der Waals surface area contributed by atoms with Gasteiger partial charge in [0.2, 0.25) is 5.91 Å². The highest BCUT2D eigenvalue weighted by atomic mass is 19.4. The van der Waals surface area contributed by atoms with E-state index in [9.17, 15) is 18.0 Å². The van der Waals surface area contributed by atoms with Crippen molar-refractivity contribution in [2.45, 2.75) is 56.7 Å². The molecule has 0 aromatic carbocycles. The lowest BCUT2D eigenvalue weighted by Crippen LogP contribution is -2.46. The average molecular weight is 460 g/mol. The molecular formula is C21H27F3N2O6. The number of carboxylic acid groups (broad SMARTS) is 1. The average Bonchev–Trinajstić information content (AvgIpc) is 3.17. The van der Waals surface area contributed by atoms with E-state index in [1.165, 1.54) is 0 Å². The molecule has 3 fully saturated rings. The quantitative estimate of drug-likeness (QED) is 0.737. The van der Waals surface area contributed by atoms with E-state index in [1.807, 2.05) is 17.0 Å². The third-order valence-corrected chi connectivity index (χ3v) is 5.79. The highest BCUT2D eigenvalue weighted by Gasteiger charge is 2.47. The molecule has 32 heavy (non-hydrogen) atoms. The molecule has 0 bridgehead atoms. The Morgan fingerprint density at radius 1 is 1.16 bits per heavy atom. The third kappa shape index (κ3) is 6.39. The van der Waals surface area contributed by atoms with Gasteiger partial charge in [0.1, 0.15) is 12.2 Å². The number of ether oxygens (including phenoxy) is 3. The molecule has 0 unspecified atom stereocenters. The zero-order valence-electron chi connectivity index (χ0n) is 17.5. The van der Waals surface area contributed by atoms with Gasteiger partial charge in [-0.2, -0.15) is 13.2 Å². The predicted molar refractivity (Wildman–Crippen MR) is 105 cm³/mol. The molecule has 3 aliphatic heterocycles. The van der Waals surface area contributed by atoms with E-state index in [0.29, 0.717) is 26.4 Å². The number of nitrogens with zero attached hydrogens (tertiary/aromatic N) is 2. The van der Waals surface area contributed by atoms with E-state index in [-0.39, 0.29) is 30.1 Å². The summed E-state index contributed by atoms with van der Waals surface area (Å²) >= 11 is 0. The molecule has 1 aromatic heterocycles. The van der Waals surface area contributed by atoms with Crippen LogP contribution in [0.15, 0.2) is 24.5 Å². The zero-order chi connectivity index (χ0) is 23.1. The molecule has 0 radical (unpaired) electrons. The van der Waals surface area contributed by atoms with Crippen LogP contribution in [0.4, 0.5) is 13.2 Å². The molecule has 0 aliphatic carbocycles. The molecule has 4 heterocycles. The first kappa shape index (κ1) is 24.4. The minimum Gasteiger partial charge on any atom is -0.475 e. The molecule has 8 nitrogen and oxygen atoms in total. The van der Waals surface area contributed by atoms with E-state index in [2.05, 4.69) is 4.98 Å². The molecule has 178 valence electrons. The monoisotopic (exact) mass is 460 g/mol. The number of rotatable bonds is 4. The van der Waals surface area contributed by atoms with Gasteiger partial charge >= 0.3 is 12.1 Å². The molecule has 1 amide bonds. The summed E-state index contributed by atoms with van der Waals surface area (Å²) in [7, 11) is 0. The fourth-order valence-electron chi connectivity index (χ4n) is 4.17. The van der Waals surface area contributed by atoms with E-state index < -0.39 is 12.1 Å². The first-order valence-corrected chi connectivity index (χ1v) is 10.6. The lowest BCUT2D eigenvalue weighted by molar-refractivity contribution is -0.192. The SMILES string of the molecule is O=C(C1CCOCC1)N1C[C@@H](OCc2ccncc2)[C@@H]2OCCC[C@@H]21.O=C(O)C(F)(F)F. The number of halogens is 3. The second-order valence-corrected chi connectivity index (χ2v) is 7.93. The zero-order valence-corrected chi connectivity index (χ0v) is 17.5. The minimum atomic E-state index is -5.08. The summed E-state index contributed by atoms with van der Waals surface area (Å²) in [6.45, 7) is 3.30. The van der Waals surface area contributed by atoms with E-state index in [4.69, 9.17) is 24.1 Å². The Morgan fingerprint density at radius 2 is 1.81 bits per heavy atom. The number of carbonyl (C=O) groups is 2. The molecule has 4 rings (SSSR count). The fraction of sp³-hybridized carbons (Fsp3) is 0.667. The van der Waals surface area contributed by atoms with Crippen LogP contribution in [0.1, 0.15) is 31.2 Å². The van der Waals surface area contributed by atoms with Gasteiger partial charge in [0, 0.05) is 44.7 Å². The standard InChI is InChI=1S/C19H26N2O4.C2HF3O2/c22-19(15-5-10-23-11-6-15)21-12-17(18-16(21)2-1-9-24-18)25-13-14-3-7-20-8-4-14;3-2(4,5)1(6)7/h3-4,7-8,15-18H,1-2,5-6,9-13H2;(H,6,7)/t16-,17+,18+;/m0./s1. The van der Waals surface area contributed by atoms with Crippen molar-refractivity contribution in [2.75, 3.05) is 26.4 Å². The number of hydrogen-bond acceptors (Lipinski definition) is 6. The Bertz CT molecular complexity index is 758. The summed E-state index contributed by atoms with van der Waals surface area (Å²) < 4.78 is 49.3. The van der Waals surface area contributed by atoms with Crippen LogP contribution in [-0.4, -0.2) is 77.7 Å². The highest BCUT2D eigenvalue weighted by molar-refractivity contribution is 5.79. The van der Waals surface area contributed by atoms with Crippen molar-refractivity contribution in [3.63, 3.8) is 0 Å². The maximum Gasteiger partial charge on any atom is 0.490 e. The van der Waals surface area contributed by atoms with Crippen molar-refractivity contribution in [3.05, 3.63) is 30.1 Å². The summed E-state index contributed by atoms with van der Waals surface area (Å²) in [5.41, 5.74) is 1.09. The Morgan fingerprint density at radius 3 is 2.44 bits per heavy atom. The maximum absolute atomic E-state index is 13.0. The molecule has 3 aliphatic rings. The van der Waals surface area contributed by atoms with Crippen LogP contribution in [0.25, 0.3) is 0 Å². The topological polar surface area (TPSA) is 98.2 Å². The number of carbonyl (C=O) groups excluding carboxylic acids is 1. The smallest absolute Gasteiger partial charge is 0.475 e. The van der Waals surface area contributed by atoms with Gasteiger partial charge < -0.3 is 24.2 Å². The van der Waals surface area contributed by atoms with Crippen molar-refractivity contribution in [3.8, 4) is 0 Å². The van der Waals surface area contributed by atoms with Gasteiger partial charge in [-0.3, -0.25) is 9.78 Å². The molecule has 1 N–H and O–H groups in total. The Kier molecular flexibility index (Phi) is 8.44. The summed E-state index contributed by atoms with van der Waals surface area (Å²) in [6.07, 6.45) is 2.08. The number of likely N-dealkylation sites (tertiary alicyclic amines) is 1. The van der Waals surface area contributed by atoms with Crippen molar-refractivity contribution in [1.29, 1.82) is 0 Å². The molecule has 0 spiro atoms. The summed E-state index contributed by atoms with van der Waals surface area (Å²) in [6, 6.07) is 4.07. The number of aliphatic carboxylic acids is 1. The predicted octanol–water partition coefficient (Wildman–Crippen LogP) is 2.42. The van der Waals surface area contributed by atoms with Gasteiger partial charge in [-0.25, -0.2) is 4.79 Å². The number of amides is 1. The number of hydrogen-bond donors (Lipinski definition) is 1. The summed E-state index contributed by atoms with van der Waals surface area (Å²) in [4.78, 5) is 28.0. The Hall–Kier alpha value is -2.24. The van der Waals surface area contributed by atoms with Crippen molar-refractivity contribution in [2.24, 2.45) is 5.92 Å². The van der Waals surface area contributed by atoms with Crippen LogP contribution in [0.2, 0.25) is 0 Å². The highest BCUT2D eigenvalue weighted by Crippen LogP contribution is 2.33. The molecule has 11 heteroatoms. The maximum atomic E-state index is 13.0. The molecule has 3 saturated heterocycles. The minimum absolute atomic E-state index is 0.000576. The lowest BCUT2D eigenvalue weighted by Gasteiger charge is -2.34. The van der Waals surface area contributed by atoms with Crippen molar-refractivity contribution in [1.82, 2.24) is 9.88 Å². The van der Waals surface area contributed by atoms with E-state index in [0.717, 1.165) is 37.9 Å². The number of pyridine rings is 1. The fourth-order valence-corrected chi connectivity index (χ4v) is 4.17. The van der Waals surface area contributed by atoms with Gasteiger partial charge in [0.05, 0.1) is 12.6 Å². The third-order valence-electron chi connectivity index (χ3n) is 5.79. The number of alkyl halides is 3. The van der Waals surface area contributed by atoms with Gasteiger partial charge in [-0.15, -0.1) is 0 Å². The Balaban J connectivity index is 0.000000360. The van der Waals surface area contributed by atoms with Gasteiger partial charge in [-0.05, 0) is 43.4 Å². The number of aromatic nitrogens is 1. The van der Waals surface area contributed by atoms with Crippen LogP contribution in [0.3, 0.4) is 0 Å². The number of fused-ring (bicyclic) bond motifs is 1. The normalized spacial score (nSPS) is 26.1. The molecule has 1 aromatic rings. The van der Waals surface area contributed by atoms with Gasteiger partial charge in [-0.1, -0.05) is 0 Å². The lowest BCUT2D eigenvalue weighted by atomic mass is 9.97. The largest absolute Gasteiger partial charge is 0.490 e.